The molecule has 0 fully saturated rings. The molecule has 0 unspecified atom stereocenters. The molecule has 3 aromatic carbocycles. The van der Waals surface area contributed by atoms with Crippen molar-refractivity contribution in [2.75, 3.05) is 0 Å². The second-order valence-corrected chi connectivity index (χ2v) is 6.30. The summed E-state index contributed by atoms with van der Waals surface area (Å²) in [6.07, 6.45) is 0. The van der Waals surface area contributed by atoms with Crippen LogP contribution in [0.1, 0.15) is 21.5 Å². The van der Waals surface area contributed by atoms with E-state index in [1.165, 1.54) is 0 Å². The molecule has 0 radical (unpaired) electrons. The maximum absolute atomic E-state index is 12.8. The van der Waals surface area contributed by atoms with Crippen molar-refractivity contribution in [3.8, 4) is 0 Å². The zero-order chi connectivity index (χ0) is 18.5. The van der Waals surface area contributed by atoms with Gasteiger partial charge in [0.05, 0.1) is 0 Å². The first-order chi connectivity index (χ1) is 13.3. The van der Waals surface area contributed by atoms with Crippen LogP contribution >= 0.6 is 0 Å². The highest BCUT2D eigenvalue weighted by Crippen LogP contribution is 2.12. The third kappa shape index (κ3) is 4.19. The molecular weight excluding hydrogens is 338 g/mol. The molecule has 0 aliphatic carbocycles. The lowest BCUT2D eigenvalue weighted by Crippen LogP contribution is -2.41. The number of carbonyl (C=O) groups is 1. The number of amides is 1. The summed E-state index contributed by atoms with van der Waals surface area (Å²) in [6.45, 7) is 1.21. The number of hydrogen-bond acceptors (Lipinski definition) is 4. The molecule has 134 valence electrons. The lowest BCUT2D eigenvalue weighted by Gasteiger charge is -2.23. The standard InChI is InChI=1S/C21H19N5O/c27-21(18-11-12-19-20(13-18)23-25-22-19)24-26(14-16-7-3-1-4-8-16)15-17-9-5-2-6-10-17/h1-13H,14-15H2,(H,24,27)(H,22,23,25). The van der Waals surface area contributed by atoms with E-state index in [-0.39, 0.29) is 5.91 Å². The van der Waals surface area contributed by atoms with Crippen LogP contribution in [0.25, 0.3) is 11.0 Å². The molecule has 1 aromatic heterocycles. The summed E-state index contributed by atoms with van der Waals surface area (Å²) < 4.78 is 0. The summed E-state index contributed by atoms with van der Waals surface area (Å²) in [7, 11) is 0. The van der Waals surface area contributed by atoms with Crippen molar-refractivity contribution >= 4 is 16.9 Å². The second-order valence-electron chi connectivity index (χ2n) is 6.30. The highest BCUT2D eigenvalue weighted by Gasteiger charge is 2.14. The first-order valence-corrected chi connectivity index (χ1v) is 8.72. The molecule has 0 saturated carbocycles. The third-order valence-corrected chi connectivity index (χ3v) is 4.27. The Bertz CT molecular complexity index is 989. The summed E-state index contributed by atoms with van der Waals surface area (Å²) >= 11 is 0. The van der Waals surface area contributed by atoms with Gasteiger partial charge in [0.15, 0.2) is 0 Å². The Morgan fingerprint density at radius 2 is 1.41 bits per heavy atom. The van der Waals surface area contributed by atoms with Crippen molar-refractivity contribution < 1.29 is 4.79 Å². The molecule has 0 spiro atoms. The van der Waals surface area contributed by atoms with Crippen molar-refractivity contribution in [2.45, 2.75) is 13.1 Å². The zero-order valence-electron chi connectivity index (χ0n) is 14.7. The number of nitrogens with zero attached hydrogens (tertiary/aromatic N) is 3. The van der Waals surface area contributed by atoms with Crippen molar-refractivity contribution in [1.82, 2.24) is 25.8 Å². The number of benzene rings is 3. The number of fused-ring (bicyclic) bond motifs is 1. The smallest absolute Gasteiger partial charge is 0.265 e. The first kappa shape index (κ1) is 16.9. The molecule has 1 heterocycles. The van der Waals surface area contributed by atoms with Gasteiger partial charge in [-0.2, -0.15) is 15.4 Å². The van der Waals surface area contributed by atoms with E-state index in [1.807, 2.05) is 65.7 Å². The lowest BCUT2D eigenvalue weighted by molar-refractivity contribution is 0.0759. The number of nitrogens with one attached hydrogen (secondary N) is 2. The van der Waals surface area contributed by atoms with Crippen LogP contribution in [0.3, 0.4) is 0 Å². The van der Waals surface area contributed by atoms with Gasteiger partial charge < -0.3 is 0 Å². The molecule has 0 saturated heterocycles. The Labute approximate surface area is 156 Å². The van der Waals surface area contributed by atoms with E-state index in [0.29, 0.717) is 24.2 Å². The van der Waals surface area contributed by atoms with E-state index in [9.17, 15) is 4.79 Å². The van der Waals surface area contributed by atoms with Crippen LogP contribution in [-0.4, -0.2) is 26.3 Å². The number of aromatic amines is 1. The normalized spacial score (nSPS) is 11.0. The van der Waals surface area contributed by atoms with E-state index in [0.717, 1.165) is 16.6 Å². The maximum atomic E-state index is 12.8. The van der Waals surface area contributed by atoms with Gasteiger partial charge in [-0.1, -0.05) is 60.7 Å². The van der Waals surface area contributed by atoms with E-state index in [2.05, 4.69) is 20.8 Å². The third-order valence-electron chi connectivity index (χ3n) is 4.27. The van der Waals surface area contributed by atoms with Gasteiger partial charge in [0.1, 0.15) is 11.0 Å². The SMILES string of the molecule is O=C(NN(Cc1ccccc1)Cc1ccccc1)c1ccc2n[nH]nc2c1. The van der Waals surface area contributed by atoms with E-state index in [4.69, 9.17) is 0 Å². The predicted molar refractivity (Wildman–Crippen MR) is 103 cm³/mol. The zero-order valence-corrected chi connectivity index (χ0v) is 14.7. The highest BCUT2D eigenvalue weighted by atomic mass is 16.2. The predicted octanol–water partition coefficient (Wildman–Crippen LogP) is 3.31. The average Bonchev–Trinajstić information content (AvgIpc) is 3.17. The van der Waals surface area contributed by atoms with Crippen LogP contribution in [0.15, 0.2) is 78.9 Å². The number of aromatic nitrogens is 3. The Balaban J connectivity index is 1.54. The molecule has 4 aromatic rings. The molecule has 4 rings (SSSR count). The molecule has 6 heteroatoms. The minimum Gasteiger partial charge on any atom is -0.284 e. The fourth-order valence-corrected chi connectivity index (χ4v) is 2.93. The van der Waals surface area contributed by atoms with E-state index < -0.39 is 0 Å². The number of hydrogen-bond donors (Lipinski definition) is 2. The molecule has 0 aliphatic heterocycles. The quantitative estimate of drug-likeness (QED) is 0.519. The van der Waals surface area contributed by atoms with Crippen LogP contribution in [0.4, 0.5) is 0 Å². The Morgan fingerprint density at radius 3 is 2.04 bits per heavy atom. The molecule has 27 heavy (non-hydrogen) atoms. The molecule has 1 amide bonds. The monoisotopic (exact) mass is 357 g/mol. The van der Waals surface area contributed by atoms with Crippen LogP contribution < -0.4 is 5.43 Å². The Kier molecular flexibility index (Phi) is 4.89. The van der Waals surface area contributed by atoms with Gasteiger partial charge in [0.25, 0.3) is 5.91 Å². The molecule has 0 atom stereocenters. The minimum absolute atomic E-state index is 0.174. The average molecular weight is 357 g/mol. The Hall–Kier alpha value is -3.51. The van der Waals surface area contributed by atoms with Gasteiger partial charge in [-0.3, -0.25) is 10.2 Å². The van der Waals surface area contributed by atoms with Gasteiger partial charge in [-0.25, -0.2) is 5.01 Å². The molecule has 6 nitrogen and oxygen atoms in total. The van der Waals surface area contributed by atoms with Gasteiger partial charge in [0.2, 0.25) is 0 Å². The summed E-state index contributed by atoms with van der Waals surface area (Å²) in [4.78, 5) is 12.8. The summed E-state index contributed by atoms with van der Waals surface area (Å²) in [5, 5.41) is 12.5. The van der Waals surface area contributed by atoms with Gasteiger partial charge in [0, 0.05) is 18.7 Å². The van der Waals surface area contributed by atoms with Gasteiger partial charge >= 0.3 is 0 Å². The fourth-order valence-electron chi connectivity index (χ4n) is 2.93. The van der Waals surface area contributed by atoms with Crippen LogP contribution in [0.5, 0.6) is 0 Å². The van der Waals surface area contributed by atoms with Crippen LogP contribution in [0, 0.1) is 0 Å². The number of rotatable bonds is 6. The van der Waals surface area contributed by atoms with Gasteiger partial charge in [-0.05, 0) is 29.3 Å². The summed E-state index contributed by atoms with van der Waals surface area (Å²) in [6, 6.07) is 25.4. The van der Waals surface area contributed by atoms with Crippen LogP contribution in [0.2, 0.25) is 0 Å². The topological polar surface area (TPSA) is 73.9 Å². The fraction of sp³-hybridized carbons (Fsp3) is 0.0952. The van der Waals surface area contributed by atoms with Crippen molar-refractivity contribution in [3.63, 3.8) is 0 Å². The van der Waals surface area contributed by atoms with Crippen molar-refractivity contribution in [3.05, 3.63) is 95.6 Å². The second kappa shape index (κ2) is 7.80. The number of carbonyl (C=O) groups excluding carboxylic acids is 1. The highest BCUT2D eigenvalue weighted by molar-refractivity contribution is 5.96. The summed E-state index contributed by atoms with van der Waals surface area (Å²) in [5.41, 5.74) is 7.22. The largest absolute Gasteiger partial charge is 0.284 e. The van der Waals surface area contributed by atoms with Crippen molar-refractivity contribution in [1.29, 1.82) is 0 Å². The van der Waals surface area contributed by atoms with Crippen LogP contribution in [-0.2, 0) is 13.1 Å². The molecule has 0 bridgehead atoms. The van der Waals surface area contributed by atoms with Crippen molar-refractivity contribution in [2.24, 2.45) is 0 Å². The van der Waals surface area contributed by atoms with Gasteiger partial charge in [-0.15, -0.1) is 0 Å². The summed E-state index contributed by atoms with van der Waals surface area (Å²) in [5.74, 6) is -0.174. The van der Waals surface area contributed by atoms with E-state index >= 15 is 0 Å². The van der Waals surface area contributed by atoms with E-state index in [1.54, 1.807) is 18.2 Å². The first-order valence-electron chi connectivity index (χ1n) is 8.72. The Morgan fingerprint density at radius 1 is 0.815 bits per heavy atom. The molecular formula is C21H19N5O. The molecule has 0 aliphatic rings. The lowest BCUT2D eigenvalue weighted by atomic mass is 10.2. The minimum atomic E-state index is -0.174. The maximum Gasteiger partial charge on any atom is 0.265 e. The number of H-pyrrole nitrogens is 1. The molecule has 2 N–H and O–H groups in total. The number of hydrazine groups is 1.